The molecule has 1 heterocycles. The van der Waals surface area contributed by atoms with Gasteiger partial charge in [-0.3, -0.25) is 0 Å². The van der Waals surface area contributed by atoms with Gasteiger partial charge in [-0.05, 0) is 34.2 Å². The summed E-state index contributed by atoms with van der Waals surface area (Å²) in [7, 11) is 0. The molecule has 0 amide bonds. The first kappa shape index (κ1) is 12.8. The van der Waals surface area contributed by atoms with Gasteiger partial charge < -0.3 is 14.9 Å². The summed E-state index contributed by atoms with van der Waals surface area (Å²) in [6, 6.07) is 3.17. The van der Waals surface area contributed by atoms with Crippen LogP contribution in [0.25, 0.3) is 0 Å². The molecule has 0 aliphatic heterocycles. The van der Waals surface area contributed by atoms with Gasteiger partial charge in [-0.1, -0.05) is 6.92 Å². The Kier molecular flexibility index (Phi) is 5.04. The smallest absolute Gasteiger partial charge is 0.406 e. The Balaban J connectivity index is 2.69. The Morgan fingerprint density at radius 3 is 3.00 bits per heavy atom. The quantitative estimate of drug-likeness (QED) is 0.472. The van der Waals surface area contributed by atoms with Crippen LogP contribution in [0.1, 0.15) is 13.3 Å². The predicted molar refractivity (Wildman–Crippen MR) is 64.0 cm³/mol. The lowest BCUT2D eigenvalue weighted by atomic mass is 10.1. The van der Waals surface area contributed by atoms with Crippen LogP contribution in [-0.4, -0.2) is 22.3 Å². The third kappa shape index (κ3) is 3.37. The fourth-order valence-electron chi connectivity index (χ4n) is 1.14. The summed E-state index contributed by atoms with van der Waals surface area (Å²) in [5.74, 6) is 0.970. The highest BCUT2D eigenvalue weighted by atomic mass is 32.1. The summed E-state index contributed by atoms with van der Waals surface area (Å²) in [5.41, 5.74) is 0. The van der Waals surface area contributed by atoms with Crippen molar-refractivity contribution in [2.75, 3.05) is 12.4 Å². The average molecular weight is 242 g/mol. The van der Waals surface area contributed by atoms with Crippen molar-refractivity contribution in [2.45, 2.75) is 13.3 Å². The van der Waals surface area contributed by atoms with Crippen molar-refractivity contribution in [3.8, 4) is 5.75 Å². The van der Waals surface area contributed by atoms with Crippen molar-refractivity contribution in [3.05, 3.63) is 28.4 Å². The summed E-state index contributed by atoms with van der Waals surface area (Å²) in [5, 5.41) is 10.7. The molecule has 0 bridgehead atoms. The maximum Gasteiger partial charge on any atom is 0.406 e. The third-order valence-corrected chi connectivity index (χ3v) is 2.75. The minimum absolute atomic E-state index is 0.215. The van der Waals surface area contributed by atoms with Crippen LogP contribution < -0.4 is 4.74 Å². The monoisotopic (exact) mass is 242 g/mol. The van der Waals surface area contributed by atoms with Gasteiger partial charge in [-0.15, -0.1) is 0 Å². The lowest BCUT2D eigenvalue weighted by Gasteiger charge is -2.12. The van der Waals surface area contributed by atoms with Gasteiger partial charge >= 0.3 is 5.82 Å². The molecule has 1 rings (SSSR count). The molecule has 6 heteroatoms. The number of nitrogens with zero attached hydrogens (tertiary/aromatic N) is 2. The fourth-order valence-corrected chi connectivity index (χ4v) is 1.50. The maximum absolute atomic E-state index is 10.7. The molecule has 1 aromatic heterocycles. The number of hydrogen-bond acceptors (Lipinski definition) is 5. The van der Waals surface area contributed by atoms with Crippen LogP contribution in [0.2, 0.25) is 0 Å². The molecule has 1 unspecified atom stereocenters. The SMILES string of the molecule is CCC(CS)COc1cccnc1[N+](=O)[O-]. The standard InChI is InChI=1S/C10H14N2O3S/c1-2-8(7-16)6-15-9-4-3-5-11-10(9)12(13)14/h3-5,8,16H,2,6-7H2,1H3. The lowest BCUT2D eigenvalue weighted by Crippen LogP contribution is -2.13. The van der Waals surface area contributed by atoms with Crippen LogP contribution in [0.15, 0.2) is 18.3 Å². The lowest BCUT2D eigenvalue weighted by molar-refractivity contribution is -0.390. The molecule has 0 fully saturated rings. The average Bonchev–Trinajstić information content (AvgIpc) is 2.30. The molecule has 5 nitrogen and oxygen atoms in total. The number of rotatable bonds is 6. The Hall–Kier alpha value is -1.30. The Morgan fingerprint density at radius 1 is 1.69 bits per heavy atom. The molecule has 0 radical (unpaired) electrons. The number of ether oxygens (including phenoxy) is 1. The predicted octanol–water partition coefficient (Wildman–Crippen LogP) is 2.32. The second-order valence-electron chi connectivity index (χ2n) is 3.35. The van der Waals surface area contributed by atoms with Gasteiger partial charge in [0.05, 0.1) is 6.61 Å². The zero-order chi connectivity index (χ0) is 12.0. The van der Waals surface area contributed by atoms with E-state index < -0.39 is 4.92 Å². The zero-order valence-corrected chi connectivity index (χ0v) is 9.89. The van der Waals surface area contributed by atoms with Crippen molar-refractivity contribution >= 4 is 18.4 Å². The van der Waals surface area contributed by atoms with E-state index in [4.69, 9.17) is 4.74 Å². The van der Waals surface area contributed by atoms with Gasteiger partial charge in [-0.25, -0.2) is 0 Å². The molecule has 0 aromatic carbocycles. The van der Waals surface area contributed by atoms with Crippen molar-refractivity contribution in [1.82, 2.24) is 4.98 Å². The van der Waals surface area contributed by atoms with E-state index in [2.05, 4.69) is 17.6 Å². The summed E-state index contributed by atoms with van der Waals surface area (Å²) in [6.45, 7) is 2.45. The molecule has 1 atom stereocenters. The Morgan fingerprint density at radius 2 is 2.44 bits per heavy atom. The van der Waals surface area contributed by atoms with Gasteiger partial charge in [0.15, 0.2) is 0 Å². The number of hydrogen-bond donors (Lipinski definition) is 1. The number of nitro groups is 1. The summed E-state index contributed by atoms with van der Waals surface area (Å²) < 4.78 is 5.39. The minimum atomic E-state index is -0.545. The highest BCUT2D eigenvalue weighted by Gasteiger charge is 2.16. The van der Waals surface area contributed by atoms with Gasteiger partial charge in [0, 0.05) is 5.92 Å². The Labute approximate surface area is 99.4 Å². The van der Waals surface area contributed by atoms with Crippen molar-refractivity contribution < 1.29 is 9.66 Å². The summed E-state index contributed by atoms with van der Waals surface area (Å²) in [6.07, 6.45) is 2.30. The van der Waals surface area contributed by atoms with E-state index in [1.54, 1.807) is 12.1 Å². The fraction of sp³-hybridized carbons (Fsp3) is 0.500. The first-order valence-electron chi connectivity index (χ1n) is 5.02. The largest absolute Gasteiger partial charge is 0.485 e. The first-order valence-corrected chi connectivity index (χ1v) is 5.65. The first-order chi connectivity index (χ1) is 7.69. The molecule has 16 heavy (non-hydrogen) atoms. The van der Waals surface area contributed by atoms with Crippen molar-refractivity contribution in [2.24, 2.45) is 5.92 Å². The van der Waals surface area contributed by atoms with Gasteiger partial charge in [-0.2, -0.15) is 12.6 Å². The Bertz CT molecular complexity index is 356. The summed E-state index contributed by atoms with van der Waals surface area (Å²) >= 11 is 4.18. The molecule has 0 saturated carbocycles. The second-order valence-corrected chi connectivity index (χ2v) is 3.72. The molecular weight excluding hydrogens is 228 g/mol. The molecule has 88 valence electrons. The van der Waals surface area contributed by atoms with Gasteiger partial charge in [0.25, 0.3) is 0 Å². The number of pyridine rings is 1. The van der Waals surface area contributed by atoms with Gasteiger partial charge in [0.1, 0.15) is 6.20 Å². The van der Waals surface area contributed by atoms with E-state index in [0.717, 1.165) is 6.42 Å². The zero-order valence-electron chi connectivity index (χ0n) is 9.00. The highest BCUT2D eigenvalue weighted by molar-refractivity contribution is 7.80. The normalized spacial score (nSPS) is 12.1. The van der Waals surface area contributed by atoms with E-state index in [0.29, 0.717) is 18.3 Å². The van der Waals surface area contributed by atoms with Crippen LogP contribution in [0.5, 0.6) is 5.75 Å². The molecule has 0 aliphatic carbocycles. The highest BCUT2D eigenvalue weighted by Crippen LogP contribution is 2.23. The maximum atomic E-state index is 10.7. The molecule has 0 aliphatic rings. The molecule has 0 saturated heterocycles. The summed E-state index contributed by atoms with van der Waals surface area (Å²) in [4.78, 5) is 13.8. The van der Waals surface area contributed by atoms with E-state index in [1.165, 1.54) is 6.20 Å². The van der Waals surface area contributed by atoms with Crippen LogP contribution >= 0.6 is 12.6 Å². The topological polar surface area (TPSA) is 65.3 Å². The second kappa shape index (κ2) is 6.32. The molecule has 0 spiro atoms. The number of thiol groups is 1. The van der Waals surface area contributed by atoms with Crippen LogP contribution in [0.4, 0.5) is 5.82 Å². The molecule has 0 N–H and O–H groups in total. The van der Waals surface area contributed by atoms with Crippen molar-refractivity contribution in [3.63, 3.8) is 0 Å². The number of aromatic nitrogens is 1. The van der Waals surface area contributed by atoms with E-state index >= 15 is 0 Å². The van der Waals surface area contributed by atoms with Crippen molar-refractivity contribution in [1.29, 1.82) is 0 Å². The molecular formula is C10H14N2O3S. The van der Waals surface area contributed by atoms with Gasteiger partial charge in [0.2, 0.25) is 5.75 Å². The van der Waals surface area contributed by atoms with Crippen LogP contribution in [0, 0.1) is 16.0 Å². The van der Waals surface area contributed by atoms with Crippen LogP contribution in [0.3, 0.4) is 0 Å². The van der Waals surface area contributed by atoms with E-state index in [1.807, 2.05) is 6.92 Å². The molecule has 1 aromatic rings. The minimum Gasteiger partial charge on any atom is -0.485 e. The van der Waals surface area contributed by atoms with E-state index in [9.17, 15) is 10.1 Å². The van der Waals surface area contributed by atoms with Crippen LogP contribution in [-0.2, 0) is 0 Å². The third-order valence-electron chi connectivity index (χ3n) is 2.23. The van der Waals surface area contributed by atoms with E-state index in [-0.39, 0.29) is 11.6 Å².